The summed E-state index contributed by atoms with van der Waals surface area (Å²) in [6.45, 7) is 2.38. The number of hydrogen-bond donors (Lipinski definition) is 0. The molecule has 0 unspecified atom stereocenters. The molecular formula is C20H33F3. The Balaban J connectivity index is 1.41. The summed E-state index contributed by atoms with van der Waals surface area (Å²) < 4.78 is 38.4. The molecule has 0 heterocycles. The van der Waals surface area contributed by atoms with Gasteiger partial charge in [0.2, 0.25) is 0 Å². The molecule has 3 heteroatoms. The Hall–Kier alpha value is -0.210. The number of alkyl halides is 3. The van der Waals surface area contributed by atoms with Crippen LogP contribution in [0.3, 0.4) is 0 Å². The summed E-state index contributed by atoms with van der Waals surface area (Å²) >= 11 is 0. The molecule has 0 bridgehead atoms. The molecule has 0 atom stereocenters. The number of rotatable bonds is 2. The van der Waals surface area contributed by atoms with E-state index in [1.807, 2.05) is 0 Å². The van der Waals surface area contributed by atoms with Gasteiger partial charge in [0.25, 0.3) is 0 Å². The molecule has 0 aromatic rings. The fourth-order valence-electron chi connectivity index (χ4n) is 5.76. The van der Waals surface area contributed by atoms with Crippen molar-refractivity contribution in [1.29, 1.82) is 0 Å². The first-order valence-electron chi connectivity index (χ1n) is 10.00. The Morgan fingerprint density at radius 1 is 0.522 bits per heavy atom. The standard InChI is InChI=1S/C20H33F3/c1-14-2-4-15(5-3-14)16-6-8-17(9-7-16)18-10-12-19(13-11-18)20(21,22)23/h14-19H,2-13H2,1H3. The summed E-state index contributed by atoms with van der Waals surface area (Å²) in [7, 11) is 0. The van der Waals surface area contributed by atoms with Crippen LogP contribution in [0.25, 0.3) is 0 Å². The number of halogens is 3. The molecule has 0 aromatic carbocycles. The van der Waals surface area contributed by atoms with E-state index in [-0.39, 0.29) is 0 Å². The zero-order valence-electron chi connectivity index (χ0n) is 14.6. The van der Waals surface area contributed by atoms with Crippen molar-refractivity contribution in [2.24, 2.45) is 35.5 Å². The van der Waals surface area contributed by atoms with E-state index in [2.05, 4.69) is 6.92 Å². The third kappa shape index (κ3) is 4.45. The van der Waals surface area contributed by atoms with Crippen LogP contribution < -0.4 is 0 Å². The summed E-state index contributed by atoms with van der Waals surface area (Å²) in [6, 6.07) is 0. The molecule has 3 fully saturated rings. The van der Waals surface area contributed by atoms with Crippen LogP contribution in [0.5, 0.6) is 0 Å². The van der Waals surface area contributed by atoms with Crippen molar-refractivity contribution in [3.05, 3.63) is 0 Å². The van der Waals surface area contributed by atoms with Crippen LogP contribution in [0.1, 0.15) is 84.0 Å². The van der Waals surface area contributed by atoms with Crippen molar-refractivity contribution in [2.75, 3.05) is 0 Å². The molecular weight excluding hydrogens is 297 g/mol. The molecule has 0 aromatic heterocycles. The molecule has 0 amide bonds. The van der Waals surface area contributed by atoms with Gasteiger partial charge in [-0.25, -0.2) is 0 Å². The first-order valence-corrected chi connectivity index (χ1v) is 10.00. The Morgan fingerprint density at radius 2 is 0.826 bits per heavy atom. The van der Waals surface area contributed by atoms with Gasteiger partial charge in [0.05, 0.1) is 5.92 Å². The highest BCUT2D eigenvalue weighted by molar-refractivity contribution is 4.86. The smallest absolute Gasteiger partial charge is 0.171 e. The van der Waals surface area contributed by atoms with E-state index >= 15 is 0 Å². The van der Waals surface area contributed by atoms with Crippen molar-refractivity contribution in [1.82, 2.24) is 0 Å². The lowest BCUT2D eigenvalue weighted by Crippen LogP contribution is -2.32. The molecule has 0 saturated heterocycles. The Kier molecular flexibility index (Phi) is 5.63. The summed E-state index contributed by atoms with van der Waals surface area (Å²) in [6.07, 6.45) is 9.39. The minimum absolute atomic E-state index is 0.384. The third-order valence-electron chi connectivity index (χ3n) is 7.45. The Labute approximate surface area is 139 Å². The maximum absolute atomic E-state index is 12.8. The van der Waals surface area contributed by atoms with E-state index in [4.69, 9.17) is 0 Å². The van der Waals surface area contributed by atoms with Gasteiger partial charge in [-0.1, -0.05) is 19.8 Å². The average Bonchev–Trinajstić information content (AvgIpc) is 2.55. The highest BCUT2D eigenvalue weighted by atomic mass is 19.4. The van der Waals surface area contributed by atoms with Gasteiger partial charge in [-0.05, 0) is 93.8 Å². The van der Waals surface area contributed by atoms with Gasteiger partial charge >= 0.3 is 6.18 Å². The lowest BCUT2D eigenvalue weighted by molar-refractivity contribution is -0.185. The largest absolute Gasteiger partial charge is 0.391 e. The Morgan fingerprint density at radius 3 is 1.17 bits per heavy atom. The molecule has 0 N–H and O–H groups in total. The van der Waals surface area contributed by atoms with Gasteiger partial charge in [-0.15, -0.1) is 0 Å². The summed E-state index contributed by atoms with van der Waals surface area (Å²) in [5.41, 5.74) is 0. The van der Waals surface area contributed by atoms with Crippen LogP contribution in [0.4, 0.5) is 13.2 Å². The second-order valence-electron chi connectivity index (χ2n) is 8.85. The highest BCUT2D eigenvalue weighted by Gasteiger charge is 2.43. The molecule has 3 rings (SSSR count). The third-order valence-corrected chi connectivity index (χ3v) is 7.45. The van der Waals surface area contributed by atoms with E-state index in [9.17, 15) is 13.2 Å². The molecule has 134 valence electrons. The monoisotopic (exact) mass is 330 g/mol. The van der Waals surface area contributed by atoms with Crippen molar-refractivity contribution >= 4 is 0 Å². The van der Waals surface area contributed by atoms with Gasteiger partial charge in [-0.3, -0.25) is 0 Å². The minimum Gasteiger partial charge on any atom is -0.171 e. The van der Waals surface area contributed by atoms with Crippen LogP contribution >= 0.6 is 0 Å². The SMILES string of the molecule is CC1CCC(C2CCC(C3CCC(C(F)(F)F)CC3)CC2)CC1. The first kappa shape index (κ1) is 17.6. The molecule has 3 aliphatic carbocycles. The molecule has 3 aliphatic rings. The minimum atomic E-state index is -3.96. The molecule has 3 saturated carbocycles. The van der Waals surface area contributed by atoms with Crippen molar-refractivity contribution in [2.45, 2.75) is 90.1 Å². The number of hydrogen-bond acceptors (Lipinski definition) is 0. The van der Waals surface area contributed by atoms with Gasteiger partial charge < -0.3 is 0 Å². The van der Waals surface area contributed by atoms with E-state index in [0.29, 0.717) is 18.8 Å². The Bertz CT molecular complexity index is 352. The quantitative estimate of drug-likeness (QED) is 0.512. The molecule has 0 spiro atoms. The van der Waals surface area contributed by atoms with Crippen molar-refractivity contribution < 1.29 is 13.2 Å². The van der Waals surface area contributed by atoms with Crippen LogP contribution in [-0.2, 0) is 0 Å². The lowest BCUT2D eigenvalue weighted by atomic mass is 9.65. The zero-order valence-corrected chi connectivity index (χ0v) is 14.6. The van der Waals surface area contributed by atoms with E-state index in [0.717, 1.165) is 36.5 Å². The fraction of sp³-hybridized carbons (Fsp3) is 1.00. The predicted octanol–water partition coefficient (Wildman–Crippen LogP) is 6.99. The van der Waals surface area contributed by atoms with E-state index < -0.39 is 12.1 Å². The van der Waals surface area contributed by atoms with E-state index in [1.165, 1.54) is 51.4 Å². The fourth-order valence-corrected chi connectivity index (χ4v) is 5.76. The molecule has 23 heavy (non-hydrogen) atoms. The second kappa shape index (κ2) is 7.35. The van der Waals surface area contributed by atoms with Crippen molar-refractivity contribution in [3.8, 4) is 0 Å². The van der Waals surface area contributed by atoms with Crippen LogP contribution in [0.2, 0.25) is 0 Å². The van der Waals surface area contributed by atoms with Crippen LogP contribution in [0, 0.1) is 35.5 Å². The zero-order chi connectivity index (χ0) is 16.4. The maximum atomic E-state index is 12.8. The van der Waals surface area contributed by atoms with Crippen LogP contribution in [-0.4, -0.2) is 6.18 Å². The molecule has 0 radical (unpaired) electrons. The van der Waals surface area contributed by atoms with E-state index in [1.54, 1.807) is 0 Å². The first-order chi connectivity index (χ1) is 10.9. The summed E-state index contributed by atoms with van der Waals surface area (Å²) in [5.74, 6) is 3.09. The average molecular weight is 330 g/mol. The normalized spacial score (nSPS) is 43.3. The molecule has 0 aliphatic heterocycles. The highest BCUT2D eigenvalue weighted by Crippen LogP contribution is 2.47. The maximum Gasteiger partial charge on any atom is 0.391 e. The topological polar surface area (TPSA) is 0 Å². The van der Waals surface area contributed by atoms with Crippen molar-refractivity contribution in [3.63, 3.8) is 0 Å². The van der Waals surface area contributed by atoms with Gasteiger partial charge in [-0.2, -0.15) is 13.2 Å². The lowest BCUT2D eigenvalue weighted by Gasteiger charge is -2.41. The molecule has 0 nitrogen and oxygen atoms in total. The second-order valence-corrected chi connectivity index (χ2v) is 8.85. The van der Waals surface area contributed by atoms with Gasteiger partial charge in [0, 0.05) is 0 Å². The summed E-state index contributed by atoms with van der Waals surface area (Å²) in [4.78, 5) is 0. The van der Waals surface area contributed by atoms with Crippen LogP contribution in [0.15, 0.2) is 0 Å². The van der Waals surface area contributed by atoms with Gasteiger partial charge in [0.15, 0.2) is 0 Å². The predicted molar refractivity (Wildman–Crippen MR) is 88.1 cm³/mol. The van der Waals surface area contributed by atoms with Gasteiger partial charge in [0.1, 0.15) is 0 Å². The summed E-state index contributed by atoms with van der Waals surface area (Å²) in [5, 5.41) is 0.